The number of esters is 1. The number of aromatic nitrogens is 1. The Morgan fingerprint density at radius 1 is 1.19 bits per heavy atom. The summed E-state index contributed by atoms with van der Waals surface area (Å²) in [6, 6.07) is 7.38. The van der Waals surface area contributed by atoms with Gasteiger partial charge in [0.2, 0.25) is 0 Å². The Morgan fingerprint density at radius 2 is 1.94 bits per heavy atom. The van der Waals surface area contributed by atoms with Crippen LogP contribution in [0.15, 0.2) is 47.6 Å². The van der Waals surface area contributed by atoms with Crippen LogP contribution in [0.25, 0.3) is 6.08 Å². The van der Waals surface area contributed by atoms with Gasteiger partial charge >= 0.3 is 22.1 Å². The van der Waals surface area contributed by atoms with Crippen molar-refractivity contribution in [1.82, 2.24) is 0 Å². The second-order valence-electron chi connectivity index (χ2n) is 8.74. The molecule has 2 aromatic rings. The van der Waals surface area contributed by atoms with Gasteiger partial charge in [-0.2, -0.15) is 8.42 Å². The molecule has 1 atom stereocenters. The number of benzene rings is 1. The van der Waals surface area contributed by atoms with Crippen LogP contribution in [0.4, 0.5) is 5.69 Å². The molecule has 2 N–H and O–H groups in total. The Bertz CT molecular complexity index is 1240. The third-order valence-electron chi connectivity index (χ3n) is 6.24. The number of ether oxygens (including phenoxy) is 1. The normalized spacial score (nSPS) is 15.5. The highest BCUT2D eigenvalue weighted by molar-refractivity contribution is 7.85. The summed E-state index contributed by atoms with van der Waals surface area (Å²) in [4.78, 5) is 25.2. The van der Waals surface area contributed by atoms with E-state index in [-0.39, 0.29) is 16.9 Å². The highest BCUT2D eigenvalue weighted by atomic mass is 32.2. The van der Waals surface area contributed by atoms with Gasteiger partial charge in [-0.1, -0.05) is 18.2 Å². The lowest BCUT2D eigenvalue weighted by molar-refractivity contribution is -0.699. The van der Waals surface area contributed by atoms with Crippen molar-refractivity contribution < 1.29 is 37.0 Å². The molecule has 1 aromatic heterocycles. The summed E-state index contributed by atoms with van der Waals surface area (Å²) in [6.07, 6.45) is 8.56. The molecule has 0 saturated heterocycles. The topological polar surface area (TPSA) is 125 Å². The number of unbranched alkanes of at least 4 members (excludes halogenated alkanes) is 2. The van der Waals surface area contributed by atoms with Gasteiger partial charge in [0.05, 0.1) is 5.92 Å². The van der Waals surface area contributed by atoms with E-state index < -0.39 is 28.0 Å². The van der Waals surface area contributed by atoms with E-state index in [1.54, 1.807) is 22.9 Å². The minimum absolute atomic E-state index is 0.0931. The zero-order valence-corrected chi connectivity index (χ0v) is 21.4. The van der Waals surface area contributed by atoms with Gasteiger partial charge in [-0.15, -0.1) is 0 Å². The lowest BCUT2D eigenvalue weighted by Crippen LogP contribution is -2.34. The zero-order valence-electron chi connectivity index (χ0n) is 20.6. The predicted molar refractivity (Wildman–Crippen MR) is 134 cm³/mol. The molecule has 0 bridgehead atoms. The number of carbonyl (C=O) groups excluding carboxylic acids is 1. The molecule has 194 valence electrons. The lowest BCUT2D eigenvalue weighted by Gasteiger charge is -2.25. The van der Waals surface area contributed by atoms with Crippen molar-refractivity contribution in [3.8, 4) is 5.75 Å². The minimum Gasteiger partial charge on any atom is -0.481 e. The molecule has 1 aliphatic heterocycles. The number of nitrogens with zero attached hydrogens (tertiary/aromatic N) is 2. The summed E-state index contributed by atoms with van der Waals surface area (Å²) in [7, 11) is -4.51. The molecule has 10 heteroatoms. The Balaban J connectivity index is 1.74. The molecule has 3 rings (SSSR count). The Hall–Kier alpha value is -3.24. The monoisotopic (exact) mass is 517 g/mol. The summed E-state index contributed by atoms with van der Waals surface area (Å²) >= 11 is 0. The number of hydrogen-bond donors (Lipinski definition) is 2. The van der Waals surface area contributed by atoms with Crippen molar-refractivity contribution >= 4 is 33.8 Å². The first kappa shape index (κ1) is 27.3. The van der Waals surface area contributed by atoms with Crippen LogP contribution in [-0.4, -0.2) is 43.1 Å². The summed E-state index contributed by atoms with van der Waals surface area (Å²) < 4.78 is 41.0. The maximum atomic E-state index is 12.7. The van der Waals surface area contributed by atoms with Gasteiger partial charge in [-0.05, 0) is 44.7 Å². The maximum absolute atomic E-state index is 12.7. The second-order valence-corrected chi connectivity index (χ2v) is 10.1. The van der Waals surface area contributed by atoms with Gasteiger partial charge in [0.15, 0.2) is 17.3 Å². The number of carboxylic acids is 1. The molecule has 0 radical (unpaired) electrons. The fourth-order valence-electron chi connectivity index (χ4n) is 4.23. The van der Waals surface area contributed by atoms with Gasteiger partial charge in [0, 0.05) is 49.3 Å². The van der Waals surface area contributed by atoms with Gasteiger partial charge in [0.1, 0.15) is 12.3 Å². The molecule has 1 aliphatic rings. The van der Waals surface area contributed by atoms with E-state index in [9.17, 15) is 22.6 Å². The molecule has 1 unspecified atom stereocenters. The van der Waals surface area contributed by atoms with Crippen molar-refractivity contribution in [2.75, 3.05) is 18.0 Å². The third kappa shape index (κ3) is 7.14. The third-order valence-corrected chi connectivity index (χ3v) is 7.14. The van der Waals surface area contributed by atoms with Crippen molar-refractivity contribution in [2.24, 2.45) is 5.92 Å². The Labute approximate surface area is 211 Å². The van der Waals surface area contributed by atoms with Gasteiger partial charge in [-0.3, -0.25) is 14.1 Å². The smallest absolute Gasteiger partial charge is 0.318 e. The van der Waals surface area contributed by atoms with Gasteiger partial charge < -0.3 is 14.7 Å². The van der Waals surface area contributed by atoms with E-state index in [1.165, 1.54) is 12.3 Å². The maximum Gasteiger partial charge on any atom is 0.318 e. The molecule has 1 aromatic carbocycles. The van der Waals surface area contributed by atoms with Crippen LogP contribution in [0.3, 0.4) is 0 Å². The second kappa shape index (κ2) is 12.1. The number of aliphatic carboxylic acids is 1. The number of pyridine rings is 1. The van der Waals surface area contributed by atoms with Gasteiger partial charge in [0.25, 0.3) is 0 Å². The molecule has 0 amide bonds. The zero-order chi connectivity index (χ0) is 26.3. The fraction of sp³-hybridized carbons (Fsp3) is 0.423. The summed E-state index contributed by atoms with van der Waals surface area (Å²) in [5.41, 5.74) is 2.14. The standard InChI is InChI=1S/C26H32N2O7S/c1-3-28(4-2)22-12-11-20-16-21(26(31)35-23(20)17-22)10-9-19-13-15-27(18-24(19)36(32,33)34)14-7-5-6-8-25(29)30/h9-13,15,17-18,21H,3-8,14,16H2,1-2H3,(H-,29,30,32,33,34)/p+1/b10-9+. The van der Waals surface area contributed by atoms with Crippen LogP contribution in [0.2, 0.25) is 0 Å². The first-order valence-corrected chi connectivity index (χ1v) is 13.6. The number of fused-ring (bicyclic) bond motifs is 1. The SMILES string of the molecule is CCN(CC)c1ccc2c(c1)OC(=O)C(/C=C/c1cc[n+](CCCCCC(=O)O)cc1S(=O)(=O)O)C2. The number of aryl methyl sites for hydroxylation is 1. The molecular weight excluding hydrogens is 484 g/mol. The Kier molecular flexibility index (Phi) is 9.22. The molecule has 0 spiro atoms. The van der Waals surface area contributed by atoms with Crippen LogP contribution in [0, 0.1) is 5.92 Å². The highest BCUT2D eigenvalue weighted by Gasteiger charge is 2.27. The van der Waals surface area contributed by atoms with E-state index in [0.717, 1.165) is 24.3 Å². The highest BCUT2D eigenvalue weighted by Crippen LogP contribution is 2.33. The summed E-state index contributed by atoms with van der Waals surface area (Å²) in [6.45, 7) is 6.28. The van der Waals surface area contributed by atoms with Crippen LogP contribution in [-0.2, 0) is 32.7 Å². The average Bonchev–Trinajstić information content (AvgIpc) is 2.83. The number of carbonyl (C=O) groups is 2. The molecule has 9 nitrogen and oxygen atoms in total. The van der Waals surface area contributed by atoms with Crippen LogP contribution >= 0.6 is 0 Å². The largest absolute Gasteiger partial charge is 0.481 e. The van der Waals surface area contributed by atoms with Crippen LogP contribution < -0.4 is 14.2 Å². The molecule has 0 saturated carbocycles. The quantitative estimate of drug-likeness (QED) is 0.144. The first-order valence-electron chi connectivity index (χ1n) is 12.1. The molecule has 2 heterocycles. The van der Waals surface area contributed by atoms with E-state index in [1.807, 2.05) is 18.2 Å². The van der Waals surface area contributed by atoms with Crippen LogP contribution in [0.5, 0.6) is 5.75 Å². The summed E-state index contributed by atoms with van der Waals surface area (Å²) in [5.74, 6) is -1.32. The lowest BCUT2D eigenvalue weighted by atomic mass is 9.94. The molecular formula is C26H33N2O7S+. The van der Waals surface area contributed by atoms with Crippen molar-refractivity contribution in [1.29, 1.82) is 0 Å². The Morgan fingerprint density at radius 3 is 2.61 bits per heavy atom. The number of hydrogen-bond acceptors (Lipinski definition) is 6. The van der Waals surface area contributed by atoms with Crippen LogP contribution in [0.1, 0.15) is 50.7 Å². The van der Waals surface area contributed by atoms with Crippen molar-refractivity contribution in [3.05, 3.63) is 53.9 Å². The summed E-state index contributed by atoms with van der Waals surface area (Å²) in [5, 5.41) is 8.71. The number of rotatable bonds is 12. The molecule has 0 aliphatic carbocycles. The van der Waals surface area contributed by atoms with E-state index in [2.05, 4.69) is 18.7 Å². The van der Waals surface area contributed by atoms with E-state index in [4.69, 9.17) is 9.84 Å². The number of anilines is 1. The molecule has 0 fully saturated rings. The first-order chi connectivity index (χ1) is 17.1. The molecule has 36 heavy (non-hydrogen) atoms. The van der Waals surface area contributed by atoms with E-state index >= 15 is 0 Å². The fourth-order valence-corrected chi connectivity index (χ4v) is 4.93. The van der Waals surface area contributed by atoms with Crippen molar-refractivity contribution in [3.63, 3.8) is 0 Å². The number of carboxylic acid groups (broad SMARTS) is 1. The van der Waals surface area contributed by atoms with Gasteiger partial charge in [-0.25, -0.2) is 4.57 Å². The average molecular weight is 518 g/mol. The predicted octanol–water partition coefficient (Wildman–Crippen LogP) is 3.50. The van der Waals surface area contributed by atoms with Crippen molar-refractivity contribution in [2.45, 2.75) is 57.4 Å². The minimum atomic E-state index is -4.51. The van der Waals surface area contributed by atoms with E-state index in [0.29, 0.717) is 38.0 Å².